The fourth-order valence-electron chi connectivity index (χ4n) is 4.36. The maximum Gasteiger partial charge on any atom is 0.243 e. The molecule has 1 aliphatic heterocycles. The van der Waals surface area contributed by atoms with Crippen LogP contribution in [0, 0.1) is 17.7 Å². The van der Waals surface area contributed by atoms with Crippen LogP contribution in [0.3, 0.4) is 0 Å². The summed E-state index contributed by atoms with van der Waals surface area (Å²) in [7, 11) is -3.72. The minimum atomic E-state index is -3.72. The van der Waals surface area contributed by atoms with Crippen LogP contribution in [0.4, 0.5) is 4.39 Å². The number of carbonyl (C=O) groups is 1. The molecule has 1 heterocycles. The molecule has 0 radical (unpaired) electrons. The van der Waals surface area contributed by atoms with Gasteiger partial charge in [0.2, 0.25) is 15.9 Å². The van der Waals surface area contributed by atoms with Crippen LogP contribution in [-0.2, 0) is 14.8 Å². The summed E-state index contributed by atoms with van der Waals surface area (Å²) in [5.74, 6) is 0.521. The second-order valence-electron chi connectivity index (χ2n) is 8.46. The van der Waals surface area contributed by atoms with E-state index in [0.717, 1.165) is 18.9 Å². The second kappa shape index (κ2) is 9.10. The summed E-state index contributed by atoms with van der Waals surface area (Å²) in [5.41, 5.74) is 0. The van der Waals surface area contributed by atoms with E-state index in [4.69, 9.17) is 0 Å². The lowest BCUT2D eigenvalue weighted by Crippen LogP contribution is -2.56. The van der Waals surface area contributed by atoms with Gasteiger partial charge < -0.3 is 5.32 Å². The predicted molar refractivity (Wildman–Crippen MR) is 110 cm³/mol. The average molecular weight is 426 g/mol. The van der Waals surface area contributed by atoms with Crippen molar-refractivity contribution in [2.45, 2.75) is 57.0 Å². The Morgan fingerprint density at radius 3 is 2.52 bits per heavy atom. The molecule has 0 unspecified atom stereocenters. The smallest absolute Gasteiger partial charge is 0.243 e. The van der Waals surface area contributed by atoms with E-state index in [9.17, 15) is 17.6 Å². The molecule has 4 atom stereocenters. The first-order valence-corrected chi connectivity index (χ1v) is 11.9. The van der Waals surface area contributed by atoms with Crippen LogP contribution in [0.25, 0.3) is 0 Å². The van der Waals surface area contributed by atoms with Gasteiger partial charge in [-0.3, -0.25) is 9.69 Å². The lowest BCUT2D eigenvalue weighted by molar-refractivity contribution is -0.127. The molecular weight excluding hydrogens is 393 g/mol. The maximum absolute atomic E-state index is 13.4. The van der Waals surface area contributed by atoms with Crippen molar-refractivity contribution in [2.24, 2.45) is 11.8 Å². The van der Waals surface area contributed by atoms with Crippen LogP contribution in [0.2, 0.25) is 0 Å². The minimum Gasteiger partial charge on any atom is -0.352 e. The van der Waals surface area contributed by atoms with Crippen molar-refractivity contribution in [3.63, 3.8) is 0 Å². The van der Waals surface area contributed by atoms with Gasteiger partial charge >= 0.3 is 0 Å². The Balaban J connectivity index is 1.56. The molecule has 29 heavy (non-hydrogen) atoms. The first kappa shape index (κ1) is 22.2. The number of piperazine rings is 1. The van der Waals surface area contributed by atoms with Gasteiger partial charge in [0.15, 0.2) is 0 Å². The molecule has 2 fully saturated rings. The van der Waals surface area contributed by atoms with Gasteiger partial charge in [0.1, 0.15) is 5.82 Å². The molecule has 1 aromatic rings. The van der Waals surface area contributed by atoms with Crippen LogP contribution in [0.5, 0.6) is 0 Å². The van der Waals surface area contributed by atoms with Gasteiger partial charge in [-0.15, -0.1) is 0 Å². The highest BCUT2D eigenvalue weighted by Crippen LogP contribution is 2.29. The van der Waals surface area contributed by atoms with E-state index in [2.05, 4.69) is 19.2 Å². The topological polar surface area (TPSA) is 69.7 Å². The molecule has 1 N–H and O–H groups in total. The van der Waals surface area contributed by atoms with E-state index >= 15 is 0 Å². The number of rotatable bonds is 5. The van der Waals surface area contributed by atoms with Crippen molar-refractivity contribution in [3.05, 3.63) is 30.1 Å². The SMILES string of the molecule is C[C@@H]1[C@H](C)CCC[C@H]1NC(=O)[C@@H](C)N1CCN(S(=O)(=O)c2cccc(F)c2)CC1. The summed E-state index contributed by atoms with van der Waals surface area (Å²) in [6, 6.07) is 4.99. The Labute approximate surface area is 173 Å². The number of carbonyl (C=O) groups excluding carboxylic acids is 1. The fraction of sp³-hybridized carbons (Fsp3) is 0.667. The van der Waals surface area contributed by atoms with Crippen molar-refractivity contribution < 1.29 is 17.6 Å². The standard InChI is InChI=1S/C21H32FN3O3S/c1-15-6-4-9-20(16(15)2)23-21(26)17(3)24-10-12-25(13-11-24)29(27,28)19-8-5-7-18(22)14-19/h5,7-8,14-17,20H,4,6,9-13H2,1-3H3,(H,23,26)/t15-,16-,17-,20-/m1/s1. The van der Waals surface area contributed by atoms with E-state index < -0.39 is 15.8 Å². The Morgan fingerprint density at radius 2 is 1.86 bits per heavy atom. The summed E-state index contributed by atoms with van der Waals surface area (Å²) in [4.78, 5) is 14.8. The number of hydrogen-bond acceptors (Lipinski definition) is 4. The van der Waals surface area contributed by atoms with Gasteiger partial charge in [-0.1, -0.05) is 32.8 Å². The van der Waals surface area contributed by atoms with E-state index in [1.807, 2.05) is 11.8 Å². The highest BCUT2D eigenvalue weighted by Gasteiger charge is 2.34. The third-order valence-electron chi connectivity index (χ3n) is 6.67. The van der Waals surface area contributed by atoms with E-state index in [1.54, 1.807) is 0 Å². The van der Waals surface area contributed by atoms with E-state index in [1.165, 1.54) is 28.9 Å². The monoisotopic (exact) mass is 425 g/mol. The lowest BCUT2D eigenvalue weighted by Gasteiger charge is -2.39. The van der Waals surface area contributed by atoms with Crippen molar-refractivity contribution >= 4 is 15.9 Å². The molecule has 0 bridgehead atoms. The van der Waals surface area contributed by atoms with Crippen molar-refractivity contribution in [1.29, 1.82) is 0 Å². The quantitative estimate of drug-likeness (QED) is 0.787. The predicted octanol–water partition coefficient (Wildman–Crippen LogP) is 2.46. The third-order valence-corrected chi connectivity index (χ3v) is 8.56. The normalized spacial score (nSPS) is 28.1. The van der Waals surface area contributed by atoms with Gasteiger partial charge in [-0.25, -0.2) is 12.8 Å². The summed E-state index contributed by atoms with van der Waals surface area (Å²) >= 11 is 0. The van der Waals surface area contributed by atoms with Crippen molar-refractivity contribution in [3.8, 4) is 0 Å². The molecule has 1 amide bonds. The average Bonchev–Trinajstić information content (AvgIpc) is 2.71. The van der Waals surface area contributed by atoms with Gasteiger partial charge in [-0.2, -0.15) is 4.31 Å². The molecule has 2 aliphatic rings. The Hall–Kier alpha value is -1.51. The van der Waals surface area contributed by atoms with Crippen LogP contribution < -0.4 is 5.32 Å². The van der Waals surface area contributed by atoms with E-state index in [-0.39, 0.29) is 36.0 Å². The first-order chi connectivity index (χ1) is 13.7. The second-order valence-corrected chi connectivity index (χ2v) is 10.4. The Bertz CT molecular complexity index is 824. The van der Waals surface area contributed by atoms with Gasteiger partial charge in [0.05, 0.1) is 10.9 Å². The summed E-state index contributed by atoms with van der Waals surface area (Å²) < 4.78 is 40.3. The zero-order valence-corrected chi connectivity index (χ0v) is 18.3. The molecule has 8 heteroatoms. The van der Waals surface area contributed by atoms with Crippen LogP contribution >= 0.6 is 0 Å². The first-order valence-electron chi connectivity index (χ1n) is 10.5. The van der Waals surface area contributed by atoms with E-state index in [0.29, 0.717) is 24.9 Å². The maximum atomic E-state index is 13.4. The van der Waals surface area contributed by atoms with Crippen LogP contribution in [-0.4, -0.2) is 61.8 Å². The summed E-state index contributed by atoms with van der Waals surface area (Å²) in [6.45, 7) is 7.84. The molecule has 0 spiro atoms. The highest BCUT2D eigenvalue weighted by atomic mass is 32.2. The number of hydrogen-bond donors (Lipinski definition) is 1. The molecule has 1 saturated carbocycles. The summed E-state index contributed by atoms with van der Waals surface area (Å²) in [6.07, 6.45) is 3.37. The fourth-order valence-corrected chi connectivity index (χ4v) is 5.82. The minimum absolute atomic E-state index is 0.0115. The molecule has 0 aromatic heterocycles. The number of nitrogens with one attached hydrogen (secondary N) is 1. The highest BCUT2D eigenvalue weighted by molar-refractivity contribution is 7.89. The lowest BCUT2D eigenvalue weighted by atomic mass is 9.78. The molecule has 3 rings (SSSR count). The van der Waals surface area contributed by atoms with Crippen LogP contribution in [0.1, 0.15) is 40.0 Å². The van der Waals surface area contributed by atoms with Crippen molar-refractivity contribution in [2.75, 3.05) is 26.2 Å². The largest absolute Gasteiger partial charge is 0.352 e. The number of amides is 1. The van der Waals surface area contributed by atoms with Gasteiger partial charge in [0.25, 0.3) is 0 Å². The molecule has 1 aromatic carbocycles. The number of nitrogens with zero attached hydrogens (tertiary/aromatic N) is 2. The van der Waals surface area contributed by atoms with Crippen molar-refractivity contribution in [1.82, 2.24) is 14.5 Å². The van der Waals surface area contributed by atoms with Crippen LogP contribution in [0.15, 0.2) is 29.2 Å². The zero-order chi connectivity index (χ0) is 21.2. The Morgan fingerprint density at radius 1 is 1.17 bits per heavy atom. The number of benzene rings is 1. The zero-order valence-electron chi connectivity index (χ0n) is 17.5. The molecule has 6 nitrogen and oxygen atoms in total. The number of sulfonamides is 1. The molecule has 162 valence electrons. The molecule has 1 aliphatic carbocycles. The Kier molecular flexibility index (Phi) is 6.96. The molecular formula is C21H32FN3O3S. The van der Waals surface area contributed by atoms with Gasteiger partial charge in [0, 0.05) is 32.2 Å². The molecule has 1 saturated heterocycles. The summed E-state index contributed by atoms with van der Waals surface area (Å²) in [5, 5.41) is 3.22. The van der Waals surface area contributed by atoms with Gasteiger partial charge in [-0.05, 0) is 43.4 Å². The third kappa shape index (κ3) is 4.98. The number of halogens is 1.